The summed E-state index contributed by atoms with van der Waals surface area (Å²) in [5, 5.41) is 14.2. The third-order valence-corrected chi connectivity index (χ3v) is 10.7. The Morgan fingerprint density at radius 2 is 1.90 bits per heavy atom. The minimum Gasteiger partial charge on any atom is -0.514 e. The van der Waals surface area contributed by atoms with Crippen LogP contribution < -0.4 is 28.5 Å². The van der Waals surface area contributed by atoms with E-state index in [1.54, 1.807) is 0 Å². The molecule has 6 rings (SSSR count). The number of benzene rings is 2. The minimum atomic E-state index is -4.42. The number of amidine groups is 1. The zero-order valence-electron chi connectivity index (χ0n) is 22.4. The van der Waals surface area contributed by atoms with Gasteiger partial charge in [-0.2, -0.15) is 8.42 Å². The maximum atomic E-state index is 14.0. The van der Waals surface area contributed by atoms with Crippen LogP contribution in [0.3, 0.4) is 0 Å². The molecular formula is C26H25F2LiN4O6S2. The van der Waals surface area contributed by atoms with Crippen molar-refractivity contribution in [3.8, 4) is 0 Å². The van der Waals surface area contributed by atoms with E-state index in [2.05, 4.69) is 9.71 Å². The van der Waals surface area contributed by atoms with Crippen LogP contribution in [0.1, 0.15) is 24.8 Å². The molecular weight excluding hydrogens is 573 g/mol. The predicted molar refractivity (Wildman–Crippen MR) is 142 cm³/mol. The number of carbonyl (C=O) groups excluding carboxylic acids is 1. The maximum absolute atomic E-state index is 14.0. The van der Waals surface area contributed by atoms with E-state index in [0.717, 1.165) is 48.0 Å². The second-order valence-electron chi connectivity index (χ2n) is 10.5. The molecule has 0 radical (unpaired) electrons. The Morgan fingerprint density at radius 3 is 2.59 bits per heavy atom. The molecule has 2 aliphatic carbocycles. The standard InChI is InChI=1S/C26H25F2N4O6S2.Li/c1-31(39(2,35)36)16-6-8-19-20(11-16)40(37,38)30-25(29-19)22-24(33)21-14-4-5-15(10-14)23(21)32(26(22)34)12-13-3-7-17(27)18(28)9-13;/h3,6-9,11,14-15,21,33H,4-5,10,12H2,1-2H3,(H,29,30);/q-1;+1/t14-,15+,21+;/m0./s1. The van der Waals surface area contributed by atoms with Crippen molar-refractivity contribution >= 4 is 43.2 Å². The van der Waals surface area contributed by atoms with Crippen LogP contribution in [0.25, 0.3) is 0 Å². The van der Waals surface area contributed by atoms with Crippen LogP contribution >= 0.6 is 0 Å². The van der Waals surface area contributed by atoms with Gasteiger partial charge in [-0.15, -0.1) is 10.3 Å². The molecule has 2 aliphatic heterocycles. The minimum absolute atomic E-state index is 0. The van der Waals surface area contributed by atoms with Gasteiger partial charge in [-0.1, -0.05) is 37.2 Å². The van der Waals surface area contributed by atoms with Crippen LogP contribution in [0.5, 0.6) is 0 Å². The first-order valence-corrected chi connectivity index (χ1v) is 15.8. The molecule has 0 spiro atoms. The first-order valence-electron chi connectivity index (χ1n) is 12.5. The molecule has 10 nitrogen and oxygen atoms in total. The fraction of sp³-hybridized carbons (Fsp3) is 0.346. The Hall–Kier alpha value is -2.92. The van der Waals surface area contributed by atoms with Crippen molar-refractivity contribution < 1.29 is 54.4 Å². The van der Waals surface area contributed by atoms with Crippen molar-refractivity contribution in [3.05, 3.63) is 71.0 Å². The average Bonchev–Trinajstić information content (AvgIpc) is 3.50. The number of carbonyl (C=O) groups is 1. The molecule has 1 amide bonds. The zero-order valence-corrected chi connectivity index (χ0v) is 24.1. The zero-order chi connectivity index (χ0) is 28.7. The largest absolute Gasteiger partial charge is 1.00 e. The molecule has 4 aliphatic rings. The second kappa shape index (κ2) is 10.1. The van der Waals surface area contributed by atoms with Crippen molar-refractivity contribution in [2.75, 3.05) is 22.9 Å². The third-order valence-electron chi connectivity index (χ3n) is 8.13. The van der Waals surface area contributed by atoms with Crippen LogP contribution in [-0.4, -0.2) is 51.9 Å². The fourth-order valence-corrected chi connectivity index (χ4v) is 7.84. The summed E-state index contributed by atoms with van der Waals surface area (Å²) < 4.78 is 82.7. The number of aliphatic hydroxyl groups excluding tert-OH is 1. The molecule has 15 heteroatoms. The predicted octanol–water partition coefficient (Wildman–Crippen LogP) is 0.310. The number of nitrogens with one attached hydrogen (secondary N) is 1. The van der Waals surface area contributed by atoms with Crippen molar-refractivity contribution in [1.82, 2.24) is 4.90 Å². The molecule has 2 fully saturated rings. The smallest absolute Gasteiger partial charge is 0.514 e. The van der Waals surface area contributed by atoms with Crippen LogP contribution in [0.4, 0.5) is 20.2 Å². The molecule has 2 aromatic rings. The third kappa shape index (κ3) is 4.84. The number of hydrogen-bond donors (Lipinski definition) is 2. The van der Waals surface area contributed by atoms with Crippen molar-refractivity contribution in [2.45, 2.75) is 30.7 Å². The normalized spacial score (nSPS) is 24.8. The number of rotatable bonds is 5. The number of aliphatic hydroxyl groups is 1. The van der Waals surface area contributed by atoms with Crippen LogP contribution in [0.2, 0.25) is 0 Å². The number of anilines is 2. The van der Waals surface area contributed by atoms with E-state index in [1.165, 1.54) is 30.1 Å². The Balaban J connectivity index is 0.00000337. The number of amides is 1. The molecule has 0 saturated heterocycles. The Bertz CT molecular complexity index is 1750. The van der Waals surface area contributed by atoms with Gasteiger partial charge in [0.2, 0.25) is 15.9 Å². The molecule has 0 aromatic heterocycles. The quantitative estimate of drug-likeness (QED) is 0.374. The van der Waals surface area contributed by atoms with Gasteiger partial charge in [0.25, 0.3) is 10.0 Å². The molecule has 2 heterocycles. The van der Waals surface area contributed by atoms with Crippen LogP contribution in [-0.2, 0) is 31.4 Å². The van der Waals surface area contributed by atoms with Gasteiger partial charge < -0.3 is 15.3 Å². The van der Waals surface area contributed by atoms with Gasteiger partial charge in [-0.25, -0.2) is 23.2 Å². The monoisotopic (exact) mass is 598 g/mol. The molecule has 2 saturated carbocycles. The second-order valence-corrected chi connectivity index (χ2v) is 14.1. The van der Waals surface area contributed by atoms with E-state index in [9.17, 15) is 35.5 Å². The van der Waals surface area contributed by atoms with Gasteiger partial charge in [0, 0.05) is 13.6 Å². The summed E-state index contributed by atoms with van der Waals surface area (Å²) in [6.45, 7) is -0.0975. The van der Waals surface area contributed by atoms with Gasteiger partial charge in [0.05, 0.1) is 23.4 Å². The first kappa shape index (κ1) is 29.6. The molecule has 2 aromatic carbocycles. The van der Waals surface area contributed by atoms with E-state index in [1.807, 2.05) is 0 Å². The molecule has 2 bridgehead atoms. The SMILES string of the molecule is CN(c1ccc2c(c1)S(=O)(=O)N=C(C1=C(O)[C@H]3[C-]([C@@H]4CC[C@H]3C4)N(Cc3ccc(F)c(F)c3)C1=O)N2)S(C)(=O)=O.[Li+]. The number of hydrogen-bond acceptors (Lipinski definition) is 7. The maximum Gasteiger partial charge on any atom is 1.00 e. The Kier molecular flexibility index (Phi) is 7.29. The van der Waals surface area contributed by atoms with Crippen LogP contribution in [0, 0.1) is 35.4 Å². The number of fused-ring (bicyclic) bond motifs is 6. The van der Waals surface area contributed by atoms with E-state index < -0.39 is 43.5 Å². The number of nitrogens with zero attached hydrogens (tertiary/aromatic N) is 3. The molecule has 41 heavy (non-hydrogen) atoms. The molecule has 3 atom stereocenters. The molecule has 212 valence electrons. The number of sulfonamides is 2. The van der Waals surface area contributed by atoms with Gasteiger partial charge in [0.1, 0.15) is 10.5 Å². The van der Waals surface area contributed by atoms with Gasteiger partial charge in [-0.3, -0.25) is 9.10 Å². The Labute approximate surface area is 248 Å². The summed E-state index contributed by atoms with van der Waals surface area (Å²) in [7, 11) is -6.80. The van der Waals surface area contributed by atoms with Gasteiger partial charge in [-0.05, 0) is 35.9 Å². The summed E-state index contributed by atoms with van der Waals surface area (Å²) >= 11 is 0. The van der Waals surface area contributed by atoms with E-state index >= 15 is 0 Å². The van der Waals surface area contributed by atoms with Crippen LogP contribution in [0.15, 0.2) is 57.0 Å². The van der Waals surface area contributed by atoms with E-state index in [0.29, 0.717) is 11.6 Å². The average molecular weight is 599 g/mol. The summed E-state index contributed by atoms with van der Waals surface area (Å²) in [4.78, 5) is 15.0. The van der Waals surface area contributed by atoms with Gasteiger partial charge in [0.15, 0.2) is 17.5 Å². The van der Waals surface area contributed by atoms with E-state index in [4.69, 9.17) is 0 Å². The summed E-state index contributed by atoms with van der Waals surface area (Å²) in [6, 6.07) is 7.96. The number of halogens is 2. The topological polar surface area (TPSA) is 136 Å². The summed E-state index contributed by atoms with van der Waals surface area (Å²) in [5.74, 6) is -3.88. The van der Waals surface area contributed by atoms with Crippen molar-refractivity contribution in [2.24, 2.45) is 22.2 Å². The summed E-state index contributed by atoms with van der Waals surface area (Å²) in [5.41, 5.74) is 0.176. The molecule has 2 N–H and O–H groups in total. The summed E-state index contributed by atoms with van der Waals surface area (Å²) in [6.07, 6.45) is 3.37. The Morgan fingerprint density at radius 1 is 1.17 bits per heavy atom. The van der Waals surface area contributed by atoms with Gasteiger partial charge >= 0.3 is 18.9 Å². The molecule has 0 unspecified atom stereocenters. The first-order chi connectivity index (χ1) is 18.8. The van der Waals surface area contributed by atoms with Crippen molar-refractivity contribution in [1.29, 1.82) is 0 Å². The van der Waals surface area contributed by atoms with E-state index in [-0.39, 0.29) is 70.7 Å². The fourth-order valence-electron chi connectivity index (χ4n) is 6.20. The van der Waals surface area contributed by atoms with Crippen molar-refractivity contribution in [3.63, 3.8) is 0 Å².